The average Bonchev–Trinajstić information content (AvgIpc) is 3.10. The van der Waals surface area contributed by atoms with Gasteiger partial charge in [-0.3, -0.25) is 0 Å². The molecule has 136 valence electrons. The number of hydrogen-bond donors (Lipinski definition) is 3. The van der Waals surface area contributed by atoms with Gasteiger partial charge in [0.1, 0.15) is 17.9 Å². The minimum absolute atomic E-state index is 0.0197. The molecule has 1 unspecified atom stereocenters. The van der Waals surface area contributed by atoms with Crippen LogP contribution in [-0.2, 0) is 6.54 Å². The lowest BCUT2D eigenvalue weighted by Gasteiger charge is -2.17. The molecule has 26 heavy (non-hydrogen) atoms. The highest BCUT2D eigenvalue weighted by atomic mass is 16.3. The Labute approximate surface area is 153 Å². The lowest BCUT2D eigenvalue weighted by Crippen LogP contribution is -2.39. The van der Waals surface area contributed by atoms with E-state index in [4.69, 9.17) is 4.42 Å². The van der Waals surface area contributed by atoms with Crippen LogP contribution in [0.4, 0.5) is 0 Å². The van der Waals surface area contributed by atoms with Gasteiger partial charge in [0.2, 0.25) is 0 Å². The van der Waals surface area contributed by atoms with Crippen LogP contribution in [0.15, 0.2) is 70.1 Å². The molecular weight excluding hydrogens is 326 g/mol. The highest BCUT2D eigenvalue weighted by molar-refractivity contribution is 5.80. The van der Waals surface area contributed by atoms with Gasteiger partial charge in [0.05, 0.1) is 6.61 Å². The Morgan fingerprint density at radius 2 is 1.85 bits per heavy atom. The van der Waals surface area contributed by atoms with Gasteiger partial charge < -0.3 is 20.2 Å². The van der Waals surface area contributed by atoms with Crippen LogP contribution in [0.5, 0.6) is 0 Å². The normalized spacial score (nSPS) is 12.9. The molecule has 0 radical (unpaired) electrons. The Kier molecular flexibility index (Phi) is 6.28. The molecule has 0 saturated heterocycles. The molecule has 0 spiro atoms. The van der Waals surface area contributed by atoms with Crippen molar-refractivity contribution in [2.24, 2.45) is 4.99 Å². The fraction of sp³-hybridized carbons (Fsp3) is 0.286. The van der Waals surface area contributed by atoms with Gasteiger partial charge in [-0.25, -0.2) is 4.99 Å². The molecule has 1 aromatic heterocycles. The molecule has 0 saturated carbocycles. The summed E-state index contributed by atoms with van der Waals surface area (Å²) in [7, 11) is 0. The number of nitrogens with zero attached hydrogens (tertiary/aromatic N) is 1. The van der Waals surface area contributed by atoms with Crippen molar-refractivity contribution in [3.05, 3.63) is 72.0 Å². The van der Waals surface area contributed by atoms with Gasteiger partial charge in [0.25, 0.3) is 0 Å². The van der Waals surface area contributed by atoms with Crippen molar-refractivity contribution in [3.63, 3.8) is 0 Å². The number of fused-ring (bicyclic) bond motifs is 1. The summed E-state index contributed by atoms with van der Waals surface area (Å²) in [6.45, 7) is 3.94. The second-order valence-electron chi connectivity index (χ2n) is 6.12. The Hall–Kier alpha value is -2.79. The Bertz CT molecular complexity index is 810. The molecule has 0 aliphatic heterocycles. The first kappa shape index (κ1) is 18.0. The summed E-state index contributed by atoms with van der Waals surface area (Å²) in [6, 6.07) is 20.0. The van der Waals surface area contributed by atoms with Crippen LogP contribution in [0, 0.1) is 0 Å². The predicted octanol–water partition coefficient (Wildman–Crippen LogP) is 3.26. The molecule has 0 aliphatic rings. The summed E-state index contributed by atoms with van der Waals surface area (Å²) in [6.07, 6.45) is 0. The van der Waals surface area contributed by atoms with Crippen LogP contribution in [-0.4, -0.2) is 30.8 Å². The monoisotopic (exact) mass is 351 g/mol. The van der Waals surface area contributed by atoms with Gasteiger partial charge in [-0.05, 0) is 24.6 Å². The van der Waals surface area contributed by atoms with Crippen molar-refractivity contribution >= 4 is 16.9 Å². The standard InChI is InChI=1S/C21H25N3O2/c1-2-22-21(23-13-18(15-25)16-8-4-3-5-9-16)24-14-19-12-17-10-6-7-11-20(17)26-19/h3-12,18,25H,2,13-15H2,1H3,(H2,22,23,24). The third-order valence-corrected chi connectivity index (χ3v) is 4.22. The van der Waals surface area contributed by atoms with E-state index in [0.29, 0.717) is 19.0 Å². The lowest BCUT2D eigenvalue weighted by molar-refractivity contribution is 0.265. The molecule has 1 atom stereocenters. The third kappa shape index (κ3) is 4.64. The molecule has 2 aromatic carbocycles. The maximum Gasteiger partial charge on any atom is 0.191 e. The van der Waals surface area contributed by atoms with E-state index in [0.717, 1.165) is 28.8 Å². The van der Waals surface area contributed by atoms with Crippen LogP contribution in [0.25, 0.3) is 11.0 Å². The molecule has 3 N–H and O–H groups in total. The number of aliphatic hydroxyl groups is 1. The summed E-state index contributed by atoms with van der Waals surface area (Å²) in [5, 5.41) is 17.3. The van der Waals surface area contributed by atoms with Gasteiger partial charge in [-0.2, -0.15) is 0 Å². The van der Waals surface area contributed by atoms with E-state index < -0.39 is 0 Å². The fourth-order valence-electron chi connectivity index (χ4n) is 2.85. The molecule has 0 fully saturated rings. The summed E-state index contributed by atoms with van der Waals surface area (Å²) in [4.78, 5) is 4.60. The molecule has 3 aromatic rings. The van der Waals surface area contributed by atoms with Crippen LogP contribution in [0.3, 0.4) is 0 Å². The molecule has 0 amide bonds. The number of nitrogens with one attached hydrogen (secondary N) is 2. The van der Waals surface area contributed by atoms with E-state index in [1.54, 1.807) is 0 Å². The number of hydrogen-bond acceptors (Lipinski definition) is 3. The zero-order valence-electron chi connectivity index (χ0n) is 15.0. The van der Waals surface area contributed by atoms with Crippen molar-refractivity contribution < 1.29 is 9.52 Å². The number of rotatable bonds is 7. The van der Waals surface area contributed by atoms with E-state index in [9.17, 15) is 5.11 Å². The van der Waals surface area contributed by atoms with Crippen molar-refractivity contribution in [2.75, 3.05) is 19.7 Å². The van der Waals surface area contributed by atoms with Gasteiger partial charge >= 0.3 is 0 Å². The SMILES string of the molecule is CCNC(=NCc1cc2ccccc2o1)NCC(CO)c1ccccc1. The Balaban J connectivity index is 1.64. The molecule has 1 heterocycles. The quantitative estimate of drug-likeness (QED) is 0.451. The number of guanidine groups is 1. The third-order valence-electron chi connectivity index (χ3n) is 4.22. The number of furan rings is 1. The first-order valence-corrected chi connectivity index (χ1v) is 8.95. The fourth-order valence-corrected chi connectivity index (χ4v) is 2.85. The van der Waals surface area contributed by atoms with Crippen molar-refractivity contribution in [2.45, 2.75) is 19.4 Å². The summed E-state index contributed by atoms with van der Waals surface area (Å²) < 4.78 is 5.81. The minimum Gasteiger partial charge on any atom is -0.459 e. The Morgan fingerprint density at radius 1 is 1.08 bits per heavy atom. The molecule has 5 nitrogen and oxygen atoms in total. The van der Waals surface area contributed by atoms with Gasteiger partial charge in [-0.1, -0.05) is 48.5 Å². The van der Waals surface area contributed by atoms with Crippen LogP contribution in [0.1, 0.15) is 24.2 Å². The van der Waals surface area contributed by atoms with Gasteiger partial charge in [-0.15, -0.1) is 0 Å². The molecule has 5 heteroatoms. The summed E-state index contributed by atoms with van der Waals surface area (Å²) >= 11 is 0. The van der Waals surface area contributed by atoms with Crippen molar-refractivity contribution in [1.82, 2.24) is 10.6 Å². The number of para-hydroxylation sites is 1. The number of aliphatic hydroxyl groups excluding tert-OH is 1. The molecule has 0 bridgehead atoms. The first-order valence-electron chi connectivity index (χ1n) is 8.95. The van der Waals surface area contributed by atoms with E-state index in [-0.39, 0.29) is 12.5 Å². The zero-order chi connectivity index (χ0) is 18.2. The number of benzene rings is 2. The Morgan fingerprint density at radius 3 is 2.58 bits per heavy atom. The van der Waals surface area contributed by atoms with E-state index >= 15 is 0 Å². The minimum atomic E-state index is 0.0197. The zero-order valence-corrected chi connectivity index (χ0v) is 15.0. The lowest BCUT2D eigenvalue weighted by atomic mass is 10.0. The maximum absolute atomic E-state index is 9.70. The maximum atomic E-state index is 9.70. The second kappa shape index (κ2) is 9.06. The van der Waals surface area contributed by atoms with Crippen molar-refractivity contribution in [1.29, 1.82) is 0 Å². The molecular formula is C21H25N3O2. The van der Waals surface area contributed by atoms with E-state index in [1.165, 1.54) is 0 Å². The van der Waals surface area contributed by atoms with Gasteiger partial charge in [0.15, 0.2) is 5.96 Å². The topological polar surface area (TPSA) is 69.8 Å². The smallest absolute Gasteiger partial charge is 0.191 e. The predicted molar refractivity (Wildman–Crippen MR) is 105 cm³/mol. The molecule has 0 aliphatic carbocycles. The molecule has 3 rings (SSSR count). The average molecular weight is 351 g/mol. The highest BCUT2D eigenvalue weighted by Gasteiger charge is 2.11. The van der Waals surface area contributed by atoms with Crippen LogP contribution in [0.2, 0.25) is 0 Å². The summed E-state index contributed by atoms with van der Waals surface area (Å²) in [5.74, 6) is 1.55. The largest absolute Gasteiger partial charge is 0.459 e. The van der Waals surface area contributed by atoms with Crippen molar-refractivity contribution in [3.8, 4) is 0 Å². The second-order valence-corrected chi connectivity index (χ2v) is 6.12. The first-order chi connectivity index (χ1) is 12.8. The van der Waals surface area contributed by atoms with Crippen LogP contribution >= 0.6 is 0 Å². The van der Waals surface area contributed by atoms with E-state index in [1.807, 2.05) is 67.6 Å². The van der Waals surface area contributed by atoms with Gasteiger partial charge in [0, 0.05) is 24.4 Å². The van der Waals surface area contributed by atoms with E-state index in [2.05, 4.69) is 15.6 Å². The highest BCUT2D eigenvalue weighted by Crippen LogP contribution is 2.19. The summed E-state index contributed by atoms with van der Waals surface area (Å²) in [5.41, 5.74) is 1.98. The van der Waals surface area contributed by atoms with Crippen LogP contribution < -0.4 is 10.6 Å². The number of aliphatic imine (C=N–C) groups is 1.